The molecule has 2 atom stereocenters. The Balaban J connectivity index is 2.52. The topological polar surface area (TPSA) is 49.3 Å². The van der Waals surface area contributed by atoms with Crippen LogP contribution in [0.4, 0.5) is 5.69 Å². The molecule has 3 nitrogen and oxygen atoms in total. The van der Waals surface area contributed by atoms with Crippen LogP contribution in [0.25, 0.3) is 0 Å². The van der Waals surface area contributed by atoms with Gasteiger partial charge in [0.05, 0.1) is 11.9 Å². The predicted octanol–water partition coefficient (Wildman–Crippen LogP) is 2.74. The Morgan fingerprint density at radius 1 is 1.39 bits per heavy atom. The highest BCUT2D eigenvalue weighted by Gasteiger charge is 2.12. The molecule has 0 aromatic heterocycles. The van der Waals surface area contributed by atoms with E-state index in [0.29, 0.717) is 5.75 Å². The van der Waals surface area contributed by atoms with Gasteiger partial charge >= 0.3 is 0 Å². The van der Waals surface area contributed by atoms with E-state index < -0.39 is 6.10 Å². The van der Waals surface area contributed by atoms with Gasteiger partial charge in [-0.15, -0.1) is 11.8 Å². The molecule has 1 amide bonds. The lowest BCUT2D eigenvalue weighted by atomic mass is 10.1. The number of rotatable bonds is 5. The van der Waals surface area contributed by atoms with Crippen LogP contribution in [0.3, 0.4) is 0 Å². The summed E-state index contributed by atoms with van der Waals surface area (Å²) in [6.07, 6.45) is -0.400. The van der Waals surface area contributed by atoms with Crippen molar-refractivity contribution in [3.63, 3.8) is 0 Å². The van der Waals surface area contributed by atoms with Crippen LogP contribution in [0.15, 0.2) is 18.2 Å². The average molecular weight is 267 g/mol. The molecule has 0 saturated heterocycles. The van der Waals surface area contributed by atoms with E-state index in [0.717, 1.165) is 16.8 Å². The number of amides is 1. The lowest BCUT2D eigenvalue weighted by molar-refractivity contribution is -0.113. The standard InChI is InChI=1S/C14H21NO2S/c1-9-6-5-7-13(10(9)2)15-14(17)8-18-12(4)11(3)16/h5-7,11-12,16H,8H2,1-4H3,(H,15,17). The number of hydrogen-bond acceptors (Lipinski definition) is 3. The second kappa shape index (κ2) is 6.81. The molecule has 0 aliphatic rings. The van der Waals surface area contributed by atoms with Crippen LogP contribution in [0.1, 0.15) is 25.0 Å². The smallest absolute Gasteiger partial charge is 0.234 e. The van der Waals surface area contributed by atoms with Gasteiger partial charge in [0.2, 0.25) is 5.91 Å². The van der Waals surface area contributed by atoms with Gasteiger partial charge in [0.25, 0.3) is 0 Å². The molecule has 2 unspecified atom stereocenters. The number of benzene rings is 1. The minimum Gasteiger partial charge on any atom is -0.392 e. The first-order valence-electron chi connectivity index (χ1n) is 6.07. The zero-order valence-corrected chi connectivity index (χ0v) is 12.2. The highest BCUT2D eigenvalue weighted by molar-refractivity contribution is 8.00. The van der Waals surface area contributed by atoms with E-state index in [-0.39, 0.29) is 11.2 Å². The molecular formula is C14H21NO2S. The Hall–Kier alpha value is -1.00. The molecule has 0 radical (unpaired) electrons. The Morgan fingerprint density at radius 2 is 2.06 bits per heavy atom. The van der Waals surface area contributed by atoms with Crippen molar-refractivity contribution in [2.75, 3.05) is 11.1 Å². The van der Waals surface area contributed by atoms with E-state index in [4.69, 9.17) is 0 Å². The lowest BCUT2D eigenvalue weighted by Crippen LogP contribution is -2.21. The van der Waals surface area contributed by atoms with E-state index in [1.807, 2.05) is 39.0 Å². The maximum absolute atomic E-state index is 11.8. The van der Waals surface area contributed by atoms with Crippen LogP contribution in [0.5, 0.6) is 0 Å². The quantitative estimate of drug-likeness (QED) is 0.862. The van der Waals surface area contributed by atoms with E-state index in [1.54, 1.807) is 6.92 Å². The monoisotopic (exact) mass is 267 g/mol. The molecule has 0 aliphatic heterocycles. The first-order valence-corrected chi connectivity index (χ1v) is 7.12. The Morgan fingerprint density at radius 3 is 2.67 bits per heavy atom. The molecule has 0 heterocycles. The molecular weight excluding hydrogens is 246 g/mol. The fourth-order valence-corrected chi connectivity index (χ4v) is 2.18. The van der Waals surface area contributed by atoms with Crippen LogP contribution >= 0.6 is 11.8 Å². The van der Waals surface area contributed by atoms with Crippen molar-refractivity contribution in [1.29, 1.82) is 0 Å². The minimum absolute atomic E-state index is 0.0267. The van der Waals surface area contributed by atoms with Crippen molar-refractivity contribution in [3.8, 4) is 0 Å². The van der Waals surface area contributed by atoms with Crippen molar-refractivity contribution >= 4 is 23.4 Å². The molecule has 1 aromatic rings. The van der Waals surface area contributed by atoms with E-state index in [2.05, 4.69) is 5.32 Å². The molecule has 1 aromatic carbocycles. The van der Waals surface area contributed by atoms with Gasteiger partial charge in [-0.05, 0) is 38.0 Å². The molecule has 0 bridgehead atoms. The number of thioether (sulfide) groups is 1. The highest BCUT2D eigenvalue weighted by Crippen LogP contribution is 2.19. The molecule has 0 saturated carbocycles. The molecule has 2 N–H and O–H groups in total. The molecule has 0 fully saturated rings. The zero-order chi connectivity index (χ0) is 13.7. The summed E-state index contributed by atoms with van der Waals surface area (Å²) in [5.74, 6) is 0.334. The van der Waals surface area contributed by atoms with Gasteiger partial charge in [-0.3, -0.25) is 4.79 Å². The molecule has 0 aliphatic carbocycles. The fourth-order valence-electron chi connectivity index (χ4n) is 1.42. The first-order chi connectivity index (χ1) is 8.41. The highest BCUT2D eigenvalue weighted by atomic mass is 32.2. The second-order valence-corrected chi connectivity index (χ2v) is 5.92. The molecule has 0 spiro atoms. The number of aryl methyl sites for hydroxylation is 1. The van der Waals surface area contributed by atoms with Gasteiger partial charge in [0.15, 0.2) is 0 Å². The van der Waals surface area contributed by atoms with Gasteiger partial charge in [-0.2, -0.15) is 0 Å². The van der Waals surface area contributed by atoms with Crippen molar-refractivity contribution in [3.05, 3.63) is 29.3 Å². The van der Waals surface area contributed by atoms with Gasteiger partial charge < -0.3 is 10.4 Å². The second-order valence-electron chi connectivity index (χ2n) is 4.55. The maximum atomic E-state index is 11.8. The van der Waals surface area contributed by atoms with Gasteiger partial charge in [-0.25, -0.2) is 0 Å². The summed E-state index contributed by atoms with van der Waals surface area (Å²) < 4.78 is 0. The number of carbonyl (C=O) groups is 1. The molecule has 4 heteroatoms. The van der Waals surface area contributed by atoms with Crippen molar-refractivity contribution in [1.82, 2.24) is 0 Å². The van der Waals surface area contributed by atoms with E-state index >= 15 is 0 Å². The van der Waals surface area contributed by atoms with Gasteiger partial charge in [0.1, 0.15) is 0 Å². The number of aliphatic hydroxyl groups excluding tert-OH is 1. The summed E-state index contributed by atoms with van der Waals surface area (Å²) >= 11 is 1.46. The van der Waals surface area contributed by atoms with Crippen molar-refractivity contribution in [2.24, 2.45) is 0 Å². The van der Waals surface area contributed by atoms with Gasteiger partial charge in [-0.1, -0.05) is 19.1 Å². The average Bonchev–Trinajstić information content (AvgIpc) is 2.32. The Bertz CT molecular complexity index is 418. The fraction of sp³-hybridized carbons (Fsp3) is 0.500. The third-order valence-corrected chi connectivity index (χ3v) is 4.38. The van der Waals surface area contributed by atoms with Crippen LogP contribution in [0, 0.1) is 13.8 Å². The number of nitrogens with one attached hydrogen (secondary N) is 1. The third-order valence-electron chi connectivity index (χ3n) is 3.04. The predicted molar refractivity (Wildman–Crippen MR) is 78.1 cm³/mol. The molecule has 18 heavy (non-hydrogen) atoms. The van der Waals surface area contributed by atoms with Gasteiger partial charge in [0, 0.05) is 10.9 Å². The number of hydrogen-bond donors (Lipinski definition) is 2. The number of anilines is 1. The molecule has 100 valence electrons. The summed E-state index contributed by atoms with van der Waals surface area (Å²) in [4.78, 5) is 11.8. The lowest BCUT2D eigenvalue weighted by Gasteiger charge is -2.14. The summed E-state index contributed by atoms with van der Waals surface area (Å²) in [5, 5.41) is 12.3. The first kappa shape index (κ1) is 15.1. The van der Waals surface area contributed by atoms with Crippen molar-refractivity contribution in [2.45, 2.75) is 39.0 Å². The Labute approximate surface area is 113 Å². The largest absolute Gasteiger partial charge is 0.392 e. The number of aliphatic hydroxyl groups is 1. The van der Waals surface area contributed by atoms with E-state index in [9.17, 15) is 9.90 Å². The normalized spacial score (nSPS) is 14.1. The summed E-state index contributed by atoms with van der Waals surface area (Å²) in [5.41, 5.74) is 3.13. The Kier molecular flexibility index (Phi) is 5.69. The third kappa shape index (κ3) is 4.35. The summed E-state index contributed by atoms with van der Waals surface area (Å²) in [6.45, 7) is 7.67. The number of carbonyl (C=O) groups excluding carboxylic acids is 1. The molecule has 1 rings (SSSR count). The SMILES string of the molecule is Cc1cccc(NC(=O)CSC(C)C(C)O)c1C. The maximum Gasteiger partial charge on any atom is 0.234 e. The van der Waals surface area contributed by atoms with Crippen LogP contribution in [-0.4, -0.2) is 28.1 Å². The van der Waals surface area contributed by atoms with Crippen LogP contribution in [-0.2, 0) is 4.79 Å². The summed E-state index contributed by atoms with van der Waals surface area (Å²) in [6, 6.07) is 5.86. The van der Waals surface area contributed by atoms with E-state index in [1.165, 1.54) is 11.8 Å². The summed E-state index contributed by atoms with van der Waals surface area (Å²) in [7, 11) is 0. The van der Waals surface area contributed by atoms with Crippen LogP contribution in [0.2, 0.25) is 0 Å². The minimum atomic E-state index is -0.400. The zero-order valence-electron chi connectivity index (χ0n) is 11.4. The van der Waals surface area contributed by atoms with Crippen LogP contribution < -0.4 is 5.32 Å². The van der Waals surface area contributed by atoms with Crippen molar-refractivity contribution < 1.29 is 9.90 Å².